The molecule has 196 valence electrons. The number of carbonyl (C=O) groups is 2. The highest BCUT2D eigenvalue weighted by atomic mass is 19.1. The summed E-state index contributed by atoms with van der Waals surface area (Å²) in [5.41, 5.74) is 0.330. The molecule has 1 aliphatic carbocycles. The molecule has 1 spiro atoms. The van der Waals surface area contributed by atoms with Crippen molar-refractivity contribution in [3.63, 3.8) is 0 Å². The van der Waals surface area contributed by atoms with Crippen molar-refractivity contribution in [3.05, 3.63) is 30.2 Å². The van der Waals surface area contributed by atoms with E-state index in [1.54, 1.807) is 0 Å². The molecule has 8 nitrogen and oxygen atoms in total. The second kappa shape index (κ2) is 11.5. The van der Waals surface area contributed by atoms with E-state index >= 15 is 0 Å². The molecular formula is C27H37FN4O4. The van der Waals surface area contributed by atoms with E-state index < -0.39 is 11.9 Å². The number of hydrogen-bond donors (Lipinski definition) is 1. The molecule has 0 radical (unpaired) electrons. The molecule has 2 fully saturated rings. The minimum Gasteiger partial charge on any atom is -0.481 e. The largest absolute Gasteiger partial charge is 0.481 e. The average molecular weight is 501 g/mol. The number of likely N-dealkylation sites (tertiary alicyclic amines) is 1. The Hall–Kier alpha value is -2.81. The highest BCUT2D eigenvalue weighted by molar-refractivity contribution is 5.83. The van der Waals surface area contributed by atoms with Crippen LogP contribution in [-0.4, -0.2) is 53.8 Å². The Bertz CT molecular complexity index is 1060. The van der Waals surface area contributed by atoms with Gasteiger partial charge in [-0.2, -0.15) is 0 Å². The van der Waals surface area contributed by atoms with Gasteiger partial charge in [-0.05, 0) is 57.7 Å². The second-order valence-electron chi connectivity index (χ2n) is 10.2. The zero-order chi connectivity index (χ0) is 25.7. The lowest BCUT2D eigenvalue weighted by Gasteiger charge is -2.30. The van der Waals surface area contributed by atoms with Crippen LogP contribution < -0.4 is 10.1 Å². The summed E-state index contributed by atoms with van der Waals surface area (Å²) in [6, 6.07) is 1.05. The maximum Gasteiger partial charge on any atom is 0.224 e. The molecule has 1 saturated carbocycles. The van der Waals surface area contributed by atoms with Gasteiger partial charge in [0.15, 0.2) is 11.6 Å². The second-order valence-corrected chi connectivity index (χ2v) is 10.2. The summed E-state index contributed by atoms with van der Waals surface area (Å²) in [5, 5.41) is 3.18. The van der Waals surface area contributed by atoms with E-state index in [0.717, 1.165) is 57.8 Å². The van der Waals surface area contributed by atoms with Gasteiger partial charge in [0.25, 0.3) is 0 Å². The first-order valence-corrected chi connectivity index (χ1v) is 13.0. The van der Waals surface area contributed by atoms with Gasteiger partial charge in [-0.25, -0.2) is 14.4 Å². The fourth-order valence-corrected chi connectivity index (χ4v) is 5.18. The van der Waals surface area contributed by atoms with Gasteiger partial charge in [-0.15, -0.1) is 0 Å². The highest BCUT2D eigenvalue weighted by Gasteiger charge is 2.58. The number of Topliss-reactive ketones (excluding diaryl/α,β-unsaturated/α-hetero) is 1. The first-order chi connectivity index (χ1) is 17.3. The van der Waals surface area contributed by atoms with Crippen LogP contribution in [0.4, 0.5) is 4.39 Å². The molecule has 0 unspecified atom stereocenters. The number of ketones is 1. The van der Waals surface area contributed by atoms with E-state index in [9.17, 15) is 14.0 Å². The number of amides is 1. The molecule has 1 saturated heterocycles. The molecule has 3 heterocycles. The van der Waals surface area contributed by atoms with Gasteiger partial charge < -0.3 is 19.4 Å². The van der Waals surface area contributed by atoms with Crippen LogP contribution in [0, 0.1) is 17.2 Å². The molecular weight excluding hydrogens is 463 g/mol. The number of unbranched alkanes of at least 4 members (excludes halogenated alkanes) is 2. The molecule has 9 heteroatoms. The maximum absolute atomic E-state index is 14.4. The number of nitrogens with one attached hydrogen (secondary N) is 1. The van der Waals surface area contributed by atoms with Gasteiger partial charge >= 0.3 is 0 Å². The predicted octanol–water partition coefficient (Wildman–Crippen LogP) is 4.70. The highest BCUT2D eigenvalue weighted by Crippen LogP contribution is 2.59. The van der Waals surface area contributed by atoms with E-state index in [0.29, 0.717) is 25.2 Å². The summed E-state index contributed by atoms with van der Waals surface area (Å²) in [4.78, 5) is 35.4. The summed E-state index contributed by atoms with van der Waals surface area (Å²) in [7, 11) is 3.58. The minimum absolute atomic E-state index is 0.0206. The smallest absolute Gasteiger partial charge is 0.224 e. The van der Waals surface area contributed by atoms with Crippen LogP contribution >= 0.6 is 0 Å². The maximum atomic E-state index is 14.4. The number of pyridine rings is 1. The van der Waals surface area contributed by atoms with Crippen LogP contribution in [0.3, 0.4) is 0 Å². The van der Waals surface area contributed by atoms with E-state index in [2.05, 4.69) is 27.2 Å². The number of methoxy groups -OCH3 is 1. The molecule has 4 rings (SSSR count). The van der Waals surface area contributed by atoms with E-state index in [4.69, 9.17) is 9.15 Å². The monoisotopic (exact) mass is 500 g/mol. The van der Waals surface area contributed by atoms with Crippen molar-refractivity contribution in [2.45, 2.75) is 70.8 Å². The summed E-state index contributed by atoms with van der Waals surface area (Å²) in [6.45, 7) is 3.92. The Morgan fingerprint density at radius 1 is 1.25 bits per heavy atom. The van der Waals surface area contributed by atoms with Gasteiger partial charge in [0.05, 0.1) is 25.1 Å². The number of ether oxygens (including phenoxy) is 1. The number of rotatable bonds is 12. The lowest BCUT2D eigenvalue weighted by molar-refractivity contribution is -0.124. The molecule has 2 atom stereocenters. The first-order valence-electron chi connectivity index (χ1n) is 13.0. The standard InChI is InChI=1S/C27H37FN4O4/c1-4-18(33)8-6-5-7-9-22(31-25(34)20-15-27(20)10-12-32(2)13-11-27)26-30-17-23(36-26)19-14-24(35-3)29-16-21(19)28/h14,16-17,20,22H,4-13,15H2,1-3H3,(H,31,34)/t20-,22+/m1/s1. The molecule has 0 aromatic carbocycles. The molecule has 0 bridgehead atoms. The summed E-state index contributed by atoms with van der Waals surface area (Å²) in [5.74, 6) is 0.680. The predicted molar refractivity (Wildman–Crippen MR) is 133 cm³/mol. The van der Waals surface area contributed by atoms with Gasteiger partial charge in [0.1, 0.15) is 11.8 Å². The summed E-state index contributed by atoms with van der Waals surface area (Å²) >= 11 is 0. The lowest BCUT2D eigenvalue weighted by atomic mass is 9.91. The third-order valence-electron chi connectivity index (χ3n) is 7.77. The number of piperidine rings is 1. The van der Waals surface area contributed by atoms with E-state index in [1.165, 1.54) is 19.4 Å². The van der Waals surface area contributed by atoms with Crippen molar-refractivity contribution in [2.24, 2.45) is 11.3 Å². The van der Waals surface area contributed by atoms with Crippen LogP contribution in [0.2, 0.25) is 0 Å². The Kier molecular flexibility index (Phi) is 8.39. The van der Waals surface area contributed by atoms with Gasteiger partial charge in [0.2, 0.25) is 17.7 Å². The molecule has 2 aromatic rings. The minimum atomic E-state index is -0.540. The number of hydrogen-bond acceptors (Lipinski definition) is 7. The van der Waals surface area contributed by atoms with Crippen molar-refractivity contribution in [1.29, 1.82) is 0 Å². The summed E-state index contributed by atoms with van der Waals surface area (Å²) in [6.07, 6.45) is 9.88. The Morgan fingerprint density at radius 2 is 2.03 bits per heavy atom. The number of aromatic nitrogens is 2. The Labute approximate surface area is 212 Å². The van der Waals surface area contributed by atoms with Crippen molar-refractivity contribution in [3.8, 4) is 17.2 Å². The van der Waals surface area contributed by atoms with Crippen molar-refractivity contribution >= 4 is 11.7 Å². The molecule has 36 heavy (non-hydrogen) atoms. The van der Waals surface area contributed by atoms with Gasteiger partial charge in [-0.1, -0.05) is 19.8 Å². The van der Waals surface area contributed by atoms with Crippen LogP contribution in [0.25, 0.3) is 11.3 Å². The molecule has 2 aromatic heterocycles. The zero-order valence-corrected chi connectivity index (χ0v) is 21.5. The lowest BCUT2D eigenvalue weighted by Crippen LogP contribution is -2.36. The molecule has 1 N–H and O–H groups in total. The third-order valence-corrected chi connectivity index (χ3v) is 7.77. The Morgan fingerprint density at radius 3 is 2.75 bits per heavy atom. The fraction of sp³-hybridized carbons (Fsp3) is 0.630. The average Bonchev–Trinajstić information content (AvgIpc) is 3.37. The summed E-state index contributed by atoms with van der Waals surface area (Å²) < 4.78 is 25.5. The van der Waals surface area contributed by atoms with Gasteiger partial charge in [-0.3, -0.25) is 9.59 Å². The SMILES string of the molecule is CCC(=O)CCCCC[C@H](NC(=O)[C@H]1CC12CCN(C)CC2)c1ncc(-c2cc(OC)ncc2F)o1. The normalized spacial score (nSPS) is 19.7. The number of halogens is 1. The zero-order valence-electron chi connectivity index (χ0n) is 21.5. The van der Waals surface area contributed by atoms with Crippen molar-refractivity contribution < 1.29 is 23.1 Å². The van der Waals surface area contributed by atoms with Gasteiger partial charge in [0, 0.05) is 24.8 Å². The van der Waals surface area contributed by atoms with E-state index in [1.807, 2.05) is 6.92 Å². The number of oxazole rings is 1. The molecule has 2 aliphatic rings. The van der Waals surface area contributed by atoms with E-state index in [-0.39, 0.29) is 40.2 Å². The van der Waals surface area contributed by atoms with Crippen LogP contribution in [0.5, 0.6) is 5.88 Å². The molecule has 1 amide bonds. The topological polar surface area (TPSA) is 97.6 Å². The number of carbonyl (C=O) groups excluding carboxylic acids is 2. The third kappa shape index (κ3) is 6.11. The molecule has 1 aliphatic heterocycles. The van der Waals surface area contributed by atoms with Crippen LogP contribution in [-0.2, 0) is 9.59 Å². The Balaban J connectivity index is 1.45. The fourth-order valence-electron chi connectivity index (χ4n) is 5.18. The quantitative estimate of drug-likeness (QED) is 0.422. The van der Waals surface area contributed by atoms with Crippen molar-refractivity contribution in [1.82, 2.24) is 20.2 Å². The number of nitrogens with zero attached hydrogens (tertiary/aromatic N) is 3. The van der Waals surface area contributed by atoms with Crippen LogP contribution in [0.1, 0.15) is 76.6 Å². The first kappa shape index (κ1) is 26.3. The van der Waals surface area contributed by atoms with Crippen LogP contribution in [0.15, 0.2) is 22.9 Å². The van der Waals surface area contributed by atoms with Crippen molar-refractivity contribution in [2.75, 3.05) is 27.2 Å².